The molecule has 0 aromatic rings. The molecule has 0 aromatic carbocycles. The Hall–Kier alpha value is -9.28. The number of carboxylic acids is 12. The van der Waals surface area contributed by atoms with Gasteiger partial charge in [0.25, 0.3) is 0 Å². The first-order valence-corrected chi connectivity index (χ1v) is 38.6. The highest BCUT2D eigenvalue weighted by Crippen LogP contribution is 2.12. The molecular formula is C67H116N14O33S2. The summed E-state index contributed by atoms with van der Waals surface area (Å²) in [5.41, 5.74) is 0. The number of carbonyl (C=O) groups excluding carboxylic acids is 6. The fraction of sp³-hybridized carbons (Fsp3) is 0.731. The van der Waals surface area contributed by atoms with E-state index in [0.717, 1.165) is 38.9 Å². The minimum absolute atomic E-state index is 0.00503. The van der Waals surface area contributed by atoms with Crippen LogP contribution in [0.15, 0.2) is 0 Å². The maximum absolute atomic E-state index is 13.4. The molecule has 2 unspecified atom stereocenters. The average molecular weight is 1710 g/mol. The highest BCUT2D eigenvalue weighted by atomic mass is 32.2. The second-order valence-electron chi connectivity index (χ2n) is 26.2. The summed E-state index contributed by atoms with van der Waals surface area (Å²) in [6.07, 6.45) is 3.51. The van der Waals surface area contributed by atoms with Gasteiger partial charge in [-0.2, -0.15) is 24.4 Å². The Bertz CT molecular complexity index is 2860. The van der Waals surface area contributed by atoms with Gasteiger partial charge in [0.2, 0.25) is 35.4 Å². The topological polar surface area (TPSA) is 680 Å². The van der Waals surface area contributed by atoms with Crippen molar-refractivity contribution in [3.63, 3.8) is 0 Å². The molecule has 49 heteroatoms. The van der Waals surface area contributed by atoms with E-state index in [1.807, 2.05) is 6.92 Å². The van der Waals surface area contributed by atoms with Crippen molar-refractivity contribution in [1.82, 2.24) is 70.3 Å². The van der Waals surface area contributed by atoms with E-state index in [4.69, 9.17) is 45.6 Å². The highest BCUT2D eigenvalue weighted by Gasteiger charge is 2.26. The van der Waals surface area contributed by atoms with E-state index in [0.29, 0.717) is 42.9 Å². The molecule has 0 bridgehead atoms. The number of aliphatic hydroxyl groups is 2. The Morgan fingerprint density at radius 2 is 0.517 bits per heavy atom. The number of nitrogens with one attached hydrogen (secondary N) is 4. The van der Waals surface area contributed by atoms with Crippen LogP contribution in [0.1, 0.15) is 64.7 Å². The third-order valence-electron chi connectivity index (χ3n) is 15.9. The molecule has 0 heterocycles. The van der Waals surface area contributed by atoms with Crippen LogP contribution in [0.3, 0.4) is 0 Å². The zero-order valence-electron chi connectivity index (χ0n) is 65.0. The summed E-state index contributed by atoms with van der Waals surface area (Å²) in [7, 11) is 0. The summed E-state index contributed by atoms with van der Waals surface area (Å²) in [6.45, 7) is -8.68. The lowest BCUT2D eigenvalue weighted by atomic mass is 10.2. The van der Waals surface area contributed by atoms with Crippen LogP contribution in [0.25, 0.3) is 0 Å². The molecule has 0 aliphatic carbocycles. The van der Waals surface area contributed by atoms with Crippen LogP contribution in [0.5, 0.6) is 0 Å². The maximum Gasteiger partial charge on any atom is 0.317 e. The van der Waals surface area contributed by atoms with Crippen molar-refractivity contribution in [3.8, 4) is 0 Å². The number of hydrogen-bond donors (Lipinski definition) is 19. The molecule has 47 nitrogen and oxygen atoms in total. The molecule has 18 N–H and O–H groups in total. The zero-order chi connectivity index (χ0) is 88.1. The van der Waals surface area contributed by atoms with Crippen molar-refractivity contribution < 1.29 is 163 Å². The molecule has 664 valence electrons. The Balaban J connectivity index is 0. The summed E-state index contributed by atoms with van der Waals surface area (Å²) in [5, 5.41) is 140. The van der Waals surface area contributed by atoms with E-state index in [1.54, 1.807) is 0 Å². The van der Waals surface area contributed by atoms with Gasteiger partial charge in [-0.1, -0.05) is 19.8 Å². The van der Waals surface area contributed by atoms with Gasteiger partial charge in [-0.3, -0.25) is 126 Å². The molecular weight excluding hydrogens is 1590 g/mol. The van der Waals surface area contributed by atoms with Gasteiger partial charge >= 0.3 is 71.6 Å². The van der Waals surface area contributed by atoms with Gasteiger partial charge in [-0.25, -0.2) is 0 Å². The van der Waals surface area contributed by atoms with Crippen molar-refractivity contribution in [2.75, 3.05) is 240 Å². The van der Waals surface area contributed by atoms with Crippen LogP contribution in [-0.2, 0) is 91.0 Å². The van der Waals surface area contributed by atoms with Gasteiger partial charge in [0.1, 0.15) is 0 Å². The summed E-state index contributed by atoms with van der Waals surface area (Å²) in [4.78, 5) is 224. The molecule has 2 atom stereocenters. The van der Waals surface area contributed by atoms with Gasteiger partial charge < -0.3 is 107 Å². The first kappa shape index (κ1) is 109. The monoisotopic (exact) mass is 1710 g/mol. The van der Waals surface area contributed by atoms with Gasteiger partial charge in [0.05, 0.1) is 130 Å². The number of carboxylic acid groups (broad SMARTS) is 12. The van der Waals surface area contributed by atoms with Crippen LogP contribution in [0, 0.1) is 0 Å². The van der Waals surface area contributed by atoms with Gasteiger partial charge in [0.15, 0.2) is 0 Å². The van der Waals surface area contributed by atoms with Crippen LogP contribution in [-0.4, -0.2) is 480 Å². The summed E-state index contributed by atoms with van der Waals surface area (Å²) in [6, 6.07) is 0. The quantitative estimate of drug-likeness (QED) is 0.0199. The van der Waals surface area contributed by atoms with Crippen molar-refractivity contribution >= 4 is 131 Å². The number of nitrogens with zero attached hydrogens (tertiary/aromatic N) is 10. The van der Waals surface area contributed by atoms with E-state index in [-0.39, 0.29) is 143 Å². The van der Waals surface area contributed by atoms with Crippen LogP contribution in [0.2, 0.25) is 0 Å². The number of hydrogen-bond acceptors (Lipinski definition) is 31. The largest absolute Gasteiger partial charge is 0.480 e. The standard InChI is InChI=1S/C37H65N7O18S.C30H51N7O15S/c1-2-27(45)24-62-25-28(46)26-63-15-5-3-4-6-31(49)44(9-7-38-29(47)16-40(18-32(50)51)11-13-42(20-34(54)55)21-35(56)57)10-8-39-30(48)17-41(19-33(52)53)12-14-43(22-36(58)59)23-37(60)61;38-22(14-33(16-25(41)42)9-11-35(18-27(45)46)19-28(47)48)31-5-7-37(24(40)4-2-1-3-13-53)8-6-32-23(39)15-34(17-26(43)44)10-12-36(20-29(49)50)21-30(51)52/h27-28,45-46H,2-26H2,1H3,(H,38,47)(H,39,48)(H,50,51)(H,52,53)(H,54,55)(H,56,57)(H,58,59)(H,60,61);53H,1-21H2,(H,31,38)(H,32,39)(H,41,42)(H,43,44)(H,45,46)(H,47,48)(H,49,50)(H,51,52). The molecule has 0 aromatic heterocycles. The molecule has 0 spiro atoms. The lowest BCUT2D eigenvalue weighted by molar-refractivity contribution is -0.144. The number of ether oxygens (including phenoxy) is 1. The number of carbonyl (C=O) groups is 18. The van der Waals surface area contributed by atoms with E-state index >= 15 is 0 Å². The first-order valence-electron chi connectivity index (χ1n) is 36.8. The average Bonchev–Trinajstić information content (AvgIpc) is 0.927. The molecule has 0 aliphatic rings. The molecule has 6 amide bonds. The first-order chi connectivity index (χ1) is 54.6. The Kier molecular flexibility index (Phi) is 61.7. The summed E-state index contributed by atoms with van der Waals surface area (Å²) < 4.78 is 5.30. The predicted molar refractivity (Wildman–Crippen MR) is 410 cm³/mol. The van der Waals surface area contributed by atoms with Crippen molar-refractivity contribution in [1.29, 1.82) is 0 Å². The van der Waals surface area contributed by atoms with E-state index < -0.39 is 212 Å². The third kappa shape index (κ3) is 65.9. The predicted octanol–water partition coefficient (Wildman–Crippen LogP) is -7.54. The fourth-order valence-corrected chi connectivity index (χ4v) is 11.6. The smallest absolute Gasteiger partial charge is 0.317 e. The molecule has 0 saturated heterocycles. The Morgan fingerprint density at radius 3 is 0.733 bits per heavy atom. The van der Waals surface area contributed by atoms with Crippen LogP contribution in [0.4, 0.5) is 0 Å². The lowest BCUT2D eigenvalue weighted by Crippen LogP contribution is -2.48. The molecule has 0 aliphatic heterocycles. The van der Waals surface area contributed by atoms with Gasteiger partial charge in [0, 0.05) is 123 Å². The molecule has 116 heavy (non-hydrogen) atoms. The number of aliphatic hydroxyl groups excluding tert-OH is 2. The summed E-state index contributed by atoms with van der Waals surface area (Å²) >= 11 is 5.66. The van der Waals surface area contributed by atoms with Crippen molar-refractivity contribution in [2.24, 2.45) is 0 Å². The van der Waals surface area contributed by atoms with E-state index in [1.165, 1.54) is 41.2 Å². The van der Waals surface area contributed by atoms with Crippen LogP contribution >= 0.6 is 24.4 Å². The number of thiol groups is 1. The number of unbranched alkanes of at least 4 members (excludes halogenated alkanes) is 4. The minimum atomic E-state index is -1.30. The van der Waals surface area contributed by atoms with Crippen LogP contribution < -0.4 is 21.3 Å². The lowest BCUT2D eigenvalue weighted by Gasteiger charge is -2.26. The molecule has 0 radical (unpaired) electrons. The molecule has 0 saturated carbocycles. The number of amides is 6. The molecule has 0 rings (SSSR count). The Labute approximate surface area is 678 Å². The SMILES string of the molecule is CCC(O)COCC(O)CSCCCCCC(=O)N(CCNC(=O)CN(CCN(CC(=O)O)CC(=O)O)CC(=O)O)CCNC(=O)CN(CCN(CC(=O)O)CC(=O)O)CC(=O)O.O=C(O)CN(CCN(CC(=O)O)CC(=O)NCCN(CCNC(=O)CN(CCN(CC(=O)O)CC(=O)O)CC(=O)O)C(=O)CCCCCS)CC(=O)O. The van der Waals surface area contributed by atoms with Crippen molar-refractivity contribution in [2.45, 2.75) is 76.9 Å². The second-order valence-corrected chi connectivity index (χ2v) is 27.8. The van der Waals surface area contributed by atoms with E-state index in [9.17, 15) is 117 Å². The zero-order valence-corrected chi connectivity index (χ0v) is 66.7. The molecule has 0 fully saturated rings. The second kappa shape index (κ2) is 65.8. The minimum Gasteiger partial charge on any atom is -0.480 e. The van der Waals surface area contributed by atoms with Gasteiger partial charge in [-0.05, 0) is 43.6 Å². The maximum atomic E-state index is 13.4. The normalized spacial score (nSPS) is 11.8. The number of thioether (sulfide) groups is 1. The fourth-order valence-electron chi connectivity index (χ4n) is 10.5. The van der Waals surface area contributed by atoms with E-state index in [2.05, 4.69) is 33.9 Å². The highest BCUT2D eigenvalue weighted by molar-refractivity contribution is 7.99. The number of aliphatic carboxylic acids is 12. The van der Waals surface area contributed by atoms with Crippen molar-refractivity contribution in [3.05, 3.63) is 0 Å². The van der Waals surface area contributed by atoms with Gasteiger partial charge in [-0.15, -0.1) is 0 Å². The summed E-state index contributed by atoms with van der Waals surface area (Å²) in [5.74, 6) is -16.8. The third-order valence-corrected chi connectivity index (χ3v) is 17.4. The Morgan fingerprint density at radius 1 is 0.302 bits per heavy atom. The number of rotatable bonds is 74.